The highest BCUT2D eigenvalue weighted by molar-refractivity contribution is 7.94. The second-order valence-electron chi connectivity index (χ2n) is 16.2. The Morgan fingerprint density at radius 3 is 2.77 bits per heavy atom. The van der Waals surface area contributed by atoms with E-state index in [0.29, 0.717) is 55.9 Å². The Morgan fingerprint density at radius 2 is 1.98 bits per heavy atom. The maximum Gasteiger partial charge on any atom is 0.285 e. The summed E-state index contributed by atoms with van der Waals surface area (Å²) in [6.07, 6.45) is 10.8. The summed E-state index contributed by atoms with van der Waals surface area (Å²) in [6, 6.07) is 11.6. The van der Waals surface area contributed by atoms with E-state index in [1.165, 1.54) is 22.0 Å². The average Bonchev–Trinajstić information content (AvgIpc) is 3.79. The van der Waals surface area contributed by atoms with Crippen LogP contribution in [-0.2, 0) is 42.8 Å². The van der Waals surface area contributed by atoms with Crippen LogP contribution in [0.5, 0.6) is 11.6 Å². The molecule has 1 amide bonds. The highest BCUT2D eigenvalue weighted by Crippen LogP contribution is 2.47. The van der Waals surface area contributed by atoms with Crippen LogP contribution in [0, 0.1) is 17.8 Å². The number of hydrogen-bond donors (Lipinski definition) is 0. The summed E-state index contributed by atoms with van der Waals surface area (Å²) < 4.78 is 50.4. The Kier molecular flexibility index (Phi) is 11.3. The van der Waals surface area contributed by atoms with Gasteiger partial charge in [-0.15, -0.1) is 5.10 Å². The van der Waals surface area contributed by atoms with Crippen molar-refractivity contribution in [1.82, 2.24) is 9.78 Å². The van der Waals surface area contributed by atoms with Gasteiger partial charge in [-0.2, -0.15) is 4.36 Å². The summed E-state index contributed by atoms with van der Waals surface area (Å²) in [7, 11) is 0.0244. The lowest BCUT2D eigenvalue weighted by molar-refractivity contribution is -0.0693. The van der Waals surface area contributed by atoms with Gasteiger partial charge in [0.05, 0.1) is 47.1 Å². The fourth-order valence-electron chi connectivity index (χ4n) is 9.17. The Labute approximate surface area is 334 Å². The number of anilines is 1. The van der Waals surface area contributed by atoms with Crippen molar-refractivity contribution < 1.29 is 37.5 Å². The number of ketones is 1. The highest BCUT2D eigenvalue weighted by atomic mass is 35.5. The number of carbonyl (C=O) groups excluding carboxylic acids is 2. The summed E-state index contributed by atoms with van der Waals surface area (Å²) in [5.74, 6) is -0.194. The Morgan fingerprint density at radius 1 is 1.14 bits per heavy atom. The second-order valence-corrected chi connectivity index (χ2v) is 19.0. The van der Waals surface area contributed by atoms with E-state index in [9.17, 15) is 13.8 Å². The lowest BCUT2D eigenvalue weighted by Gasteiger charge is -2.46. The number of hydrogen-bond acceptors (Lipinski definition) is 10. The van der Waals surface area contributed by atoms with Gasteiger partial charge in [0, 0.05) is 55.2 Å². The van der Waals surface area contributed by atoms with E-state index in [4.69, 9.17) is 35.3 Å². The number of allylic oxidation sites excluding steroid dienone is 1. The van der Waals surface area contributed by atoms with Crippen LogP contribution in [0.25, 0.3) is 0 Å². The van der Waals surface area contributed by atoms with Crippen LogP contribution in [-0.4, -0.2) is 96.2 Å². The SMILES string of the molecule is CO[C@H]1/C=C/C[C@H](C)C[S@@](=O)(CC(=O)c2cn(C)nc2OCC2OCCO2)=NC(=O)c2ccc3c(c2)N(C[C@@H]2CC[C@H]21)C[C@@]1(CCCc2cc(Cl)ccc21)CO3. The number of amides is 1. The van der Waals surface area contributed by atoms with E-state index in [0.717, 1.165) is 49.4 Å². The smallest absolute Gasteiger partial charge is 0.285 e. The minimum atomic E-state index is -3.42. The van der Waals surface area contributed by atoms with E-state index in [1.807, 2.05) is 25.1 Å². The Balaban J connectivity index is 1.15. The van der Waals surface area contributed by atoms with Gasteiger partial charge in [0.1, 0.15) is 17.9 Å². The van der Waals surface area contributed by atoms with Crippen molar-refractivity contribution in [3.63, 3.8) is 0 Å². The van der Waals surface area contributed by atoms with Gasteiger partial charge in [-0.25, -0.2) is 4.21 Å². The number of Topliss-reactive ketones (excluding diaryl/α,β-unsaturated/α-hetero) is 1. The number of ether oxygens (including phenoxy) is 5. The van der Waals surface area contributed by atoms with Gasteiger partial charge in [-0.3, -0.25) is 14.3 Å². The summed E-state index contributed by atoms with van der Waals surface area (Å²) in [4.78, 5) is 30.6. The van der Waals surface area contributed by atoms with Gasteiger partial charge in [0.2, 0.25) is 5.88 Å². The quantitative estimate of drug-likeness (QED) is 0.195. The first kappa shape index (κ1) is 39.1. The van der Waals surface area contributed by atoms with Crippen LogP contribution in [0.4, 0.5) is 5.69 Å². The molecule has 3 aliphatic heterocycles. The largest absolute Gasteiger partial charge is 0.490 e. The molecule has 5 aliphatic rings. The molecular formula is C42H51ClN4O8S. The van der Waals surface area contributed by atoms with Crippen molar-refractivity contribution in [1.29, 1.82) is 0 Å². The molecule has 1 saturated heterocycles. The fourth-order valence-corrected chi connectivity index (χ4v) is 11.6. The molecule has 1 spiro atoms. The highest BCUT2D eigenvalue weighted by Gasteiger charge is 2.44. The number of nitrogens with zero attached hydrogens (tertiary/aromatic N) is 4. The molecule has 0 radical (unpaired) electrons. The molecule has 8 rings (SSSR count). The van der Waals surface area contributed by atoms with Crippen molar-refractivity contribution >= 4 is 38.7 Å². The molecule has 0 unspecified atom stereocenters. The number of fused-ring (bicyclic) bond motifs is 4. The molecule has 2 aromatic carbocycles. The first-order valence-corrected chi connectivity index (χ1v) is 21.9. The maximum absolute atomic E-state index is 14.9. The molecule has 14 heteroatoms. The standard InChI is InChI=1S/C42H51ClN4O8S/c1-27-6-4-8-37(51-3)32-12-9-30(32)20-47-25-42(15-5-7-28-18-31(43)11-13-34(28)42)26-55-38-14-10-29(19-35(38)47)40(49)45-56(50,23-27)24-36(48)33-21-46(2)44-41(33)54-22-39-52-16-17-53-39/h4,8,10-11,13-14,18-19,21,27,30,32,37,39H,5-7,9,12,15-17,20,22-26H2,1-3H3/b8-4+/t27-,30-,32+,37-,42-,56+/m0/s1. The van der Waals surface area contributed by atoms with E-state index in [2.05, 4.69) is 38.6 Å². The van der Waals surface area contributed by atoms with Crippen molar-refractivity contribution in [3.8, 4) is 11.6 Å². The number of aromatic nitrogens is 2. The van der Waals surface area contributed by atoms with Crippen molar-refractivity contribution in [2.24, 2.45) is 29.2 Å². The molecule has 56 heavy (non-hydrogen) atoms. The molecule has 0 N–H and O–H groups in total. The van der Waals surface area contributed by atoms with Gasteiger partial charge in [-0.05, 0) is 97.7 Å². The summed E-state index contributed by atoms with van der Waals surface area (Å²) in [5.41, 5.74) is 3.52. The minimum Gasteiger partial charge on any atom is -0.490 e. The third kappa shape index (κ3) is 8.16. The van der Waals surface area contributed by atoms with Gasteiger partial charge >= 0.3 is 0 Å². The Hall–Kier alpha value is -3.75. The molecular weight excluding hydrogens is 756 g/mol. The molecule has 4 heterocycles. The van der Waals surface area contributed by atoms with Crippen molar-refractivity contribution in [2.75, 3.05) is 63.0 Å². The molecule has 1 aromatic heterocycles. The van der Waals surface area contributed by atoms with Crippen LogP contribution in [0.3, 0.4) is 0 Å². The summed E-state index contributed by atoms with van der Waals surface area (Å²) in [5, 5.41) is 5.05. The maximum atomic E-state index is 14.9. The number of rotatable bonds is 7. The zero-order valence-corrected chi connectivity index (χ0v) is 33.9. The molecule has 3 aromatic rings. The lowest BCUT2D eigenvalue weighted by Crippen LogP contribution is -2.49. The molecule has 6 atom stereocenters. The number of halogens is 1. The molecule has 2 bridgehead atoms. The average molecular weight is 807 g/mol. The predicted octanol–water partition coefficient (Wildman–Crippen LogP) is 6.43. The first-order valence-electron chi connectivity index (χ1n) is 19.7. The van der Waals surface area contributed by atoms with Crippen LogP contribution in [0.15, 0.2) is 59.1 Å². The lowest BCUT2D eigenvalue weighted by atomic mass is 9.68. The molecule has 300 valence electrons. The van der Waals surface area contributed by atoms with Crippen molar-refractivity contribution in [3.05, 3.63) is 82.0 Å². The third-order valence-electron chi connectivity index (χ3n) is 12.1. The molecule has 12 nitrogen and oxygen atoms in total. The van der Waals surface area contributed by atoms with Crippen LogP contribution in [0.1, 0.15) is 70.9 Å². The number of aryl methyl sites for hydroxylation is 2. The summed E-state index contributed by atoms with van der Waals surface area (Å²) >= 11 is 6.48. The molecule has 2 aliphatic carbocycles. The summed E-state index contributed by atoms with van der Waals surface area (Å²) in [6.45, 7) is 4.90. The minimum absolute atomic E-state index is 0.0456. The number of carbonyl (C=O) groups is 2. The Bertz CT molecular complexity index is 2120. The first-order chi connectivity index (χ1) is 27.0. The van der Waals surface area contributed by atoms with E-state index < -0.39 is 33.5 Å². The fraction of sp³-hybridized carbons (Fsp3) is 0.548. The number of methoxy groups -OCH3 is 1. The van der Waals surface area contributed by atoms with Crippen molar-refractivity contribution in [2.45, 2.75) is 63.3 Å². The van der Waals surface area contributed by atoms with Gasteiger partial charge in [-0.1, -0.05) is 36.7 Å². The van der Waals surface area contributed by atoms with Crippen LogP contribution >= 0.6 is 11.6 Å². The monoisotopic (exact) mass is 806 g/mol. The van der Waals surface area contributed by atoms with E-state index >= 15 is 0 Å². The predicted molar refractivity (Wildman–Crippen MR) is 214 cm³/mol. The van der Waals surface area contributed by atoms with Gasteiger partial charge < -0.3 is 28.6 Å². The normalized spacial score (nSPS) is 30.0. The van der Waals surface area contributed by atoms with Gasteiger partial charge in [0.25, 0.3) is 5.91 Å². The van der Waals surface area contributed by atoms with Crippen LogP contribution in [0.2, 0.25) is 5.02 Å². The zero-order valence-electron chi connectivity index (χ0n) is 32.3. The zero-order chi connectivity index (χ0) is 39.0. The van der Waals surface area contributed by atoms with Crippen LogP contribution < -0.4 is 14.4 Å². The van der Waals surface area contributed by atoms with E-state index in [-0.39, 0.29) is 41.2 Å². The van der Waals surface area contributed by atoms with E-state index in [1.54, 1.807) is 20.2 Å². The molecule has 2 fully saturated rings. The molecule has 1 saturated carbocycles. The third-order valence-corrected chi connectivity index (χ3v) is 14.6. The topological polar surface area (TPSA) is 131 Å². The second kappa shape index (κ2) is 16.2. The number of benzene rings is 2. The van der Waals surface area contributed by atoms with Gasteiger partial charge in [0.15, 0.2) is 12.1 Å².